The van der Waals surface area contributed by atoms with Gasteiger partial charge in [-0.05, 0) is 18.6 Å². The molecule has 0 spiro atoms. The number of aromatic nitrogens is 3. The minimum atomic E-state index is 0.451. The molecular weight excluding hydrogens is 248 g/mol. The van der Waals surface area contributed by atoms with Gasteiger partial charge >= 0.3 is 0 Å². The Labute approximate surface area is 111 Å². The Bertz CT molecular complexity index is 579. The van der Waals surface area contributed by atoms with E-state index in [9.17, 15) is 0 Å². The molecule has 5 nitrogen and oxygen atoms in total. The molecule has 0 fully saturated rings. The SMILES string of the molecule is COCc1nc2cc(C)cnc2n1CCC(N)=S. The van der Waals surface area contributed by atoms with E-state index in [0.717, 1.165) is 22.6 Å². The Balaban J connectivity index is 2.44. The van der Waals surface area contributed by atoms with E-state index in [1.165, 1.54) is 0 Å². The van der Waals surface area contributed by atoms with Crippen LogP contribution < -0.4 is 5.73 Å². The van der Waals surface area contributed by atoms with Crippen LogP contribution in [0, 0.1) is 6.92 Å². The topological polar surface area (TPSA) is 66.0 Å². The number of fused-ring (bicyclic) bond motifs is 1. The Kier molecular flexibility index (Phi) is 3.88. The highest BCUT2D eigenvalue weighted by molar-refractivity contribution is 7.80. The van der Waals surface area contributed by atoms with Gasteiger partial charge in [-0.25, -0.2) is 9.97 Å². The van der Waals surface area contributed by atoms with Crippen molar-refractivity contribution in [1.82, 2.24) is 14.5 Å². The molecule has 0 radical (unpaired) electrons. The number of hydrogen-bond donors (Lipinski definition) is 1. The van der Waals surface area contributed by atoms with Gasteiger partial charge in [0.25, 0.3) is 0 Å². The molecule has 6 heteroatoms. The van der Waals surface area contributed by atoms with Crippen molar-refractivity contribution in [2.45, 2.75) is 26.5 Å². The van der Waals surface area contributed by atoms with Gasteiger partial charge in [0.1, 0.15) is 17.9 Å². The number of pyridine rings is 1. The number of imidazole rings is 1. The molecule has 0 saturated heterocycles. The smallest absolute Gasteiger partial charge is 0.160 e. The number of nitrogens with zero attached hydrogens (tertiary/aromatic N) is 3. The van der Waals surface area contributed by atoms with Gasteiger partial charge in [-0.2, -0.15) is 0 Å². The number of thiocarbonyl (C=S) groups is 1. The third-order valence-corrected chi connectivity index (χ3v) is 2.86. The minimum Gasteiger partial charge on any atom is -0.393 e. The highest BCUT2D eigenvalue weighted by atomic mass is 32.1. The summed E-state index contributed by atoms with van der Waals surface area (Å²) in [7, 11) is 1.65. The van der Waals surface area contributed by atoms with Gasteiger partial charge in [-0.3, -0.25) is 0 Å². The van der Waals surface area contributed by atoms with Crippen molar-refractivity contribution in [2.75, 3.05) is 7.11 Å². The van der Waals surface area contributed by atoms with Gasteiger partial charge < -0.3 is 15.0 Å². The fourth-order valence-electron chi connectivity index (χ4n) is 1.85. The van der Waals surface area contributed by atoms with E-state index in [0.29, 0.717) is 24.6 Å². The second kappa shape index (κ2) is 5.41. The fourth-order valence-corrected chi connectivity index (χ4v) is 1.95. The Morgan fingerprint density at radius 3 is 3.00 bits per heavy atom. The van der Waals surface area contributed by atoms with Gasteiger partial charge in [0.15, 0.2) is 5.65 Å². The first-order valence-electron chi connectivity index (χ1n) is 5.71. The van der Waals surface area contributed by atoms with Crippen LogP contribution in [-0.4, -0.2) is 26.6 Å². The molecule has 2 N–H and O–H groups in total. The Morgan fingerprint density at radius 2 is 2.33 bits per heavy atom. The molecule has 0 atom stereocenters. The van der Waals surface area contributed by atoms with E-state index in [1.54, 1.807) is 7.11 Å². The molecule has 96 valence electrons. The predicted octanol–water partition coefficient (Wildman–Crippen LogP) is 1.56. The zero-order chi connectivity index (χ0) is 13.1. The second-order valence-corrected chi connectivity index (χ2v) is 4.71. The lowest BCUT2D eigenvalue weighted by Crippen LogP contribution is -2.14. The van der Waals surface area contributed by atoms with Gasteiger partial charge in [-0.15, -0.1) is 0 Å². The summed E-state index contributed by atoms with van der Waals surface area (Å²) in [5, 5.41) is 0. The molecule has 2 rings (SSSR count). The number of hydrogen-bond acceptors (Lipinski definition) is 4. The minimum absolute atomic E-state index is 0.451. The van der Waals surface area contributed by atoms with Crippen LogP contribution in [0.3, 0.4) is 0 Å². The van der Waals surface area contributed by atoms with Gasteiger partial charge in [0.2, 0.25) is 0 Å². The van der Waals surface area contributed by atoms with Crippen LogP contribution in [0.1, 0.15) is 17.8 Å². The van der Waals surface area contributed by atoms with Gasteiger partial charge in [0, 0.05) is 26.3 Å². The zero-order valence-corrected chi connectivity index (χ0v) is 11.3. The number of nitrogens with two attached hydrogens (primary N) is 1. The van der Waals surface area contributed by atoms with E-state index >= 15 is 0 Å². The number of aryl methyl sites for hydroxylation is 2. The van der Waals surface area contributed by atoms with Crippen LogP contribution in [0.4, 0.5) is 0 Å². The molecule has 2 heterocycles. The van der Waals surface area contributed by atoms with Crippen LogP contribution in [-0.2, 0) is 17.9 Å². The van der Waals surface area contributed by atoms with Crippen molar-refractivity contribution in [1.29, 1.82) is 0 Å². The number of methoxy groups -OCH3 is 1. The summed E-state index contributed by atoms with van der Waals surface area (Å²) in [6, 6.07) is 2.01. The van der Waals surface area contributed by atoms with Crippen molar-refractivity contribution in [3.63, 3.8) is 0 Å². The summed E-state index contributed by atoms with van der Waals surface area (Å²) in [6.45, 7) is 3.13. The molecule has 0 aliphatic carbocycles. The molecule has 0 aromatic carbocycles. The van der Waals surface area contributed by atoms with E-state index in [-0.39, 0.29) is 0 Å². The van der Waals surface area contributed by atoms with Crippen LogP contribution in [0.15, 0.2) is 12.3 Å². The van der Waals surface area contributed by atoms with E-state index in [2.05, 4.69) is 9.97 Å². The summed E-state index contributed by atoms with van der Waals surface area (Å²) < 4.78 is 7.17. The van der Waals surface area contributed by atoms with Gasteiger partial charge in [0.05, 0.1) is 4.99 Å². The molecule has 0 bridgehead atoms. The summed E-state index contributed by atoms with van der Waals surface area (Å²) in [6.07, 6.45) is 2.46. The maximum Gasteiger partial charge on any atom is 0.160 e. The lowest BCUT2D eigenvalue weighted by Gasteiger charge is -2.07. The number of rotatable bonds is 5. The number of ether oxygens (including phenoxy) is 1. The maximum absolute atomic E-state index is 5.55. The lowest BCUT2D eigenvalue weighted by molar-refractivity contribution is 0.174. The first-order chi connectivity index (χ1) is 8.61. The Morgan fingerprint density at radius 1 is 1.56 bits per heavy atom. The van der Waals surface area contributed by atoms with Crippen LogP contribution in [0.25, 0.3) is 11.2 Å². The predicted molar refractivity (Wildman–Crippen MR) is 74.4 cm³/mol. The van der Waals surface area contributed by atoms with E-state index in [4.69, 9.17) is 22.7 Å². The lowest BCUT2D eigenvalue weighted by atomic mass is 10.3. The first kappa shape index (κ1) is 12.9. The third kappa shape index (κ3) is 2.65. The standard InChI is InChI=1S/C12H16N4OS/c1-8-5-9-12(14-6-8)16(4-3-10(13)18)11(15-9)7-17-2/h5-6H,3-4,7H2,1-2H3,(H2,13,18). The summed E-state index contributed by atoms with van der Waals surface area (Å²) in [4.78, 5) is 9.45. The summed E-state index contributed by atoms with van der Waals surface area (Å²) in [5.41, 5.74) is 8.37. The molecule has 0 unspecified atom stereocenters. The quantitative estimate of drug-likeness (QED) is 0.830. The fraction of sp³-hybridized carbons (Fsp3) is 0.417. The van der Waals surface area contributed by atoms with Crippen molar-refractivity contribution >= 4 is 28.4 Å². The van der Waals surface area contributed by atoms with Crippen LogP contribution in [0.5, 0.6) is 0 Å². The summed E-state index contributed by atoms with van der Waals surface area (Å²) >= 11 is 4.91. The van der Waals surface area contributed by atoms with Crippen molar-refractivity contribution in [2.24, 2.45) is 5.73 Å². The molecule has 0 amide bonds. The molecule has 0 saturated carbocycles. The van der Waals surface area contributed by atoms with Crippen molar-refractivity contribution in [3.05, 3.63) is 23.7 Å². The largest absolute Gasteiger partial charge is 0.393 e. The average molecular weight is 264 g/mol. The third-order valence-electron chi connectivity index (χ3n) is 2.66. The monoisotopic (exact) mass is 264 g/mol. The molecular formula is C12H16N4OS. The maximum atomic E-state index is 5.55. The average Bonchev–Trinajstić information content (AvgIpc) is 2.63. The molecule has 0 aliphatic heterocycles. The molecule has 18 heavy (non-hydrogen) atoms. The highest BCUT2D eigenvalue weighted by Crippen LogP contribution is 2.16. The molecule has 0 aliphatic rings. The molecule has 2 aromatic rings. The van der Waals surface area contributed by atoms with E-state index < -0.39 is 0 Å². The van der Waals surface area contributed by atoms with Crippen LogP contribution in [0.2, 0.25) is 0 Å². The molecule has 2 aromatic heterocycles. The van der Waals surface area contributed by atoms with Crippen molar-refractivity contribution < 1.29 is 4.74 Å². The second-order valence-electron chi connectivity index (χ2n) is 4.18. The van der Waals surface area contributed by atoms with Crippen molar-refractivity contribution in [3.8, 4) is 0 Å². The summed E-state index contributed by atoms with van der Waals surface area (Å²) in [5.74, 6) is 0.849. The van der Waals surface area contributed by atoms with E-state index in [1.807, 2.05) is 23.8 Å². The Hall–Kier alpha value is -1.53. The van der Waals surface area contributed by atoms with Crippen LogP contribution >= 0.6 is 12.2 Å². The normalized spacial score (nSPS) is 11.0. The first-order valence-corrected chi connectivity index (χ1v) is 6.11. The highest BCUT2D eigenvalue weighted by Gasteiger charge is 2.11. The zero-order valence-electron chi connectivity index (χ0n) is 10.5. The van der Waals surface area contributed by atoms with Gasteiger partial charge in [-0.1, -0.05) is 12.2 Å².